The molecular weight excluding hydrogens is 334 g/mol. The van der Waals surface area contributed by atoms with Crippen LogP contribution in [0.2, 0.25) is 0 Å². The maximum absolute atomic E-state index is 12.4. The second-order valence-corrected chi connectivity index (χ2v) is 7.71. The van der Waals surface area contributed by atoms with Crippen molar-refractivity contribution >= 4 is 33.0 Å². The van der Waals surface area contributed by atoms with Gasteiger partial charge in [0.05, 0.1) is 4.90 Å². The summed E-state index contributed by atoms with van der Waals surface area (Å²) >= 11 is 5.19. The zero-order valence-corrected chi connectivity index (χ0v) is 14.9. The van der Waals surface area contributed by atoms with Gasteiger partial charge in [0.2, 0.25) is 10.0 Å². The van der Waals surface area contributed by atoms with Crippen LogP contribution in [0, 0.1) is 0 Å². The summed E-state index contributed by atoms with van der Waals surface area (Å²) in [6.07, 6.45) is 2.73. The van der Waals surface area contributed by atoms with Gasteiger partial charge < -0.3 is 15.4 Å². The van der Waals surface area contributed by atoms with Gasteiger partial charge in [-0.05, 0) is 55.7 Å². The lowest BCUT2D eigenvalue weighted by Gasteiger charge is -2.16. The van der Waals surface area contributed by atoms with Crippen molar-refractivity contribution in [2.75, 3.05) is 38.7 Å². The zero-order chi connectivity index (χ0) is 16.7. The quantitative estimate of drug-likeness (QED) is 0.573. The van der Waals surface area contributed by atoms with Crippen LogP contribution in [0.1, 0.15) is 19.3 Å². The highest BCUT2D eigenvalue weighted by Crippen LogP contribution is 2.22. The maximum atomic E-state index is 12.4. The number of ether oxygens (including phenoxy) is 1. The number of anilines is 1. The molecule has 1 saturated heterocycles. The molecule has 1 aliphatic heterocycles. The van der Waals surface area contributed by atoms with Gasteiger partial charge in [-0.2, -0.15) is 4.31 Å². The Hall–Kier alpha value is -1.22. The van der Waals surface area contributed by atoms with Gasteiger partial charge in [0.25, 0.3) is 0 Å². The second kappa shape index (κ2) is 8.58. The number of rotatable bonds is 7. The van der Waals surface area contributed by atoms with Crippen molar-refractivity contribution in [3.63, 3.8) is 0 Å². The molecule has 8 heteroatoms. The Labute approximate surface area is 143 Å². The number of nitrogens with zero attached hydrogens (tertiary/aromatic N) is 1. The predicted molar refractivity (Wildman–Crippen MR) is 95.2 cm³/mol. The van der Waals surface area contributed by atoms with Gasteiger partial charge in [0.1, 0.15) is 0 Å². The number of methoxy groups -OCH3 is 1. The number of hydrogen-bond donors (Lipinski definition) is 2. The molecule has 23 heavy (non-hydrogen) atoms. The molecule has 1 aromatic carbocycles. The number of benzene rings is 1. The van der Waals surface area contributed by atoms with E-state index in [0.29, 0.717) is 29.7 Å². The van der Waals surface area contributed by atoms with E-state index in [1.54, 1.807) is 31.4 Å². The molecule has 0 aromatic heterocycles. The third-order valence-electron chi connectivity index (χ3n) is 3.63. The summed E-state index contributed by atoms with van der Waals surface area (Å²) < 4.78 is 31.4. The molecule has 1 fully saturated rings. The molecule has 128 valence electrons. The largest absolute Gasteiger partial charge is 0.385 e. The highest BCUT2D eigenvalue weighted by Gasteiger charge is 2.26. The first-order valence-electron chi connectivity index (χ1n) is 7.68. The first kappa shape index (κ1) is 18.1. The van der Waals surface area contributed by atoms with Crippen LogP contribution in [-0.4, -0.2) is 51.2 Å². The first-order valence-corrected chi connectivity index (χ1v) is 9.53. The van der Waals surface area contributed by atoms with Gasteiger partial charge in [-0.15, -0.1) is 0 Å². The van der Waals surface area contributed by atoms with E-state index in [-0.39, 0.29) is 0 Å². The monoisotopic (exact) mass is 357 g/mol. The summed E-state index contributed by atoms with van der Waals surface area (Å²) in [5.74, 6) is 0. The van der Waals surface area contributed by atoms with Crippen LogP contribution in [0.15, 0.2) is 29.2 Å². The SMILES string of the molecule is COCCCNC(=S)Nc1ccc(S(=O)(=O)N2CCCC2)cc1. The van der Waals surface area contributed by atoms with Gasteiger partial charge in [-0.25, -0.2) is 8.42 Å². The molecule has 0 bridgehead atoms. The number of nitrogens with one attached hydrogen (secondary N) is 2. The Balaban J connectivity index is 1.90. The second-order valence-electron chi connectivity index (χ2n) is 5.36. The molecule has 0 spiro atoms. The van der Waals surface area contributed by atoms with E-state index in [0.717, 1.165) is 31.5 Å². The Morgan fingerprint density at radius 2 is 1.91 bits per heavy atom. The average molecular weight is 358 g/mol. The normalized spacial score (nSPS) is 15.5. The minimum atomic E-state index is -3.36. The minimum absolute atomic E-state index is 0.323. The molecular formula is C15H23N3O3S2. The molecule has 0 amide bonds. The van der Waals surface area contributed by atoms with Crippen LogP contribution in [0.4, 0.5) is 5.69 Å². The van der Waals surface area contributed by atoms with E-state index < -0.39 is 10.0 Å². The number of sulfonamides is 1. The number of hydrogen-bond acceptors (Lipinski definition) is 4. The Morgan fingerprint density at radius 3 is 2.52 bits per heavy atom. The smallest absolute Gasteiger partial charge is 0.243 e. The van der Waals surface area contributed by atoms with Crippen molar-refractivity contribution in [2.24, 2.45) is 0 Å². The third-order valence-corrected chi connectivity index (χ3v) is 5.79. The molecule has 6 nitrogen and oxygen atoms in total. The van der Waals surface area contributed by atoms with E-state index in [9.17, 15) is 8.42 Å². The number of thiocarbonyl (C=S) groups is 1. The summed E-state index contributed by atoms with van der Waals surface area (Å²) in [6.45, 7) is 2.62. The van der Waals surface area contributed by atoms with Gasteiger partial charge >= 0.3 is 0 Å². The molecule has 0 unspecified atom stereocenters. The Kier molecular flexibility index (Phi) is 6.76. The van der Waals surface area contributed by atoms with Gasteiger partial charge in [0, 0.05) is 39.0 Å². The van der Waals surface area contributed by atoms with Crippen LogP contribution in [0.25, 0.3) is 0 Å². The van der Waals surface area contributed by atoms with Crippen molar-refractivity contribution in [1.29, 1.82) is 0 Å². The van der Waals surface area contributed by atoms with Crippen molar-refractivity contribution in [2.45, 2.75) is 24.2 Å². The standard InChI is InChI=1S/C15H23N3O3S2/c1-21-12-4-9-16-15(22)17-13-5-7-14(8-6-13)23(19,20)18-10-2-3-11-18/h5-8H,2-4,9-12H2,1H3,(H2,16,17,22). The fourth-order valence-electron chi connectivity index (χ4n) is 2.38. The lowest BCUT2D eigenvalue weighted by molar-refractivity contribution is 0.196. The van der Waals surface area contributed by atoms with Crippen LogP contribution >= 0.6 is 12.2 Å². The molecule has 2 N–H and O–H groups in total. The topological polar surface area (TPSA) is 70.7 Å². The van der Waals surface area contributed by atoms with E-state index >= 15 is 0 Å². The highest BCUT2D eigenvalue weighted by atomic mass is 32.2. The first-order chi connectivity index (χ1) is 11.0. The molecule has 1 aromatic rings. The van der Waals surface area contributed by atoms with E-state index in [1.807, 2.05) is 0 Å². The van der Waals surface area contributed by atoms with E-state index in [1.165, 1.54) is 4.31 Å². The van der Waals surface area contributed by atoms with Crippen LogP contribution in [0.3, 0.4) is 0 Å². The fourth-order valence-corrected chi connectivity index (χ4v) is 4.12. The van der Waals surface area contributed by atoms with Crippen molar-refractivity contribution in [3.05, 3.63) is 24.3 Å². The molecule has 0 saturated carbocycles. The predicted octanol–water partition coefficient (Wildman–Crippen LogP) is 1.79. The summed E-state index contributed by atoms with van der Waals surface area (Å²) in [5, 5.41) is 6.62. The molecule has 0 radical (unpaired) electrons. The summed E-state index contributed by atoms with van der Waals surface area (Å²) in [4.78, 5) is 0.323. The maximum Gasteiger partial charge on any atom is 0.243 e. The van der Waals surface area contributed by atoms with Gasteiger partial charge in [0.15, 0.2) is 5.11 Å². The highest BCUT2D eigenvalue weighted by molar-refractivity contribution is 7.89. The van der Waals surface area contributed by atoms with Crippen molar-refractivity contribution in [3.8, 4) is 0 Å². The molecule has 1 heterocycles. The van der Waals surface area contributed by atoms with Crippen molar-refractivity contribution in [1.82, 2.24) is 9.62 Å². The van der Waals surface area contributed by atoms with Crippen LogP contribution in [0.5, 0.6) is 0 Å². The third kappa shape index (κ3) is 5.13. The van der Waals surface area contributed by atoms with Crippen molar-refractivity contribution < 1.29 is 13.2 Å². The lowest BCUT2D eigenvalue weighted by atomic mass is 10.3. The van der Waals surface area contributed by atoms with Crippen LogP contribution in [-0.2, 0) is 14.8 Å². The summed E-state index contributed by atoms with van der Waals surface area (Å²) in [7, 11) is -1.70. The Morgan fingerprint density at radius 1 is 1.26 bits per heavy atom. The molecule has 0 atom stereocenters. The van der Waals surface area contributed by atoms with E-state index in [4.69, 9.17) is 17.0 Å². The molecule has 2 rings (SSSR count). The zero-order valence-electron chi connectivity index (χ0n) is 13.2. The summed E-state index contributed by atoms with van der Waals surface area (Å²) in [6, 6.07) is 6.69. The molecule has 1 aliphatic rings. The van der Waals surface area contributed by atoms with Crippen LogP contribution < -0.4 is 10.6 Å². The average Bonchev–Trinajstić information content (AvgIpc) is 3.07. The lowest BCUT2D eigenvalue weighted by Crippen LogP contribution is -2.30. The summed E-state index contributed by atoms with van der Waals surface area (Å²) in [5.41, 5.74) is 0.759. The Bertz CT molecular complexity index is 611. The van der Waals surface area contributed by atoms with Gasteiger partial charge in [-0.1, -0.05) is 0 Å². The van der Waals surface area contributed by atoms with Gasteiger partial charge in [-0.3, -0.25) is 0 Å². The fraction of sp³-hybridized carbons (Fsp3) is 0.533. The minimum Gasteiger partial charge on any atom is -0.385 e. The molecule has 0 aliphatic carbocycles. The van der Waals surface area contributed by atoms with E-state index in [2.05, 4.69) is 10.6 Å².